The van der Waals surface area contributed by atoms with Crippen molar-refractivity contribution in [2.24, 2.45) is 0 Å². The Labute approximate surface area is 86.4 Å². The molecule has 1 aliphatic rings. The summed E-state index contributed by atoms with van der Waals surface area (Å²) in [6, 6.07) is 4.73. The number of ketones is 3. The van der Waals surface area contributed by atoms with Gasteiger partial charge in [-0.15, -0.1) is 0 Å². The maximum Gasteiger partial charge on any atom is 0.187 e. The van der Waals surface area contributed by atoms with E-state index in [0.717, 1.165) is 0 Å². The Morgan fingerprint density at radius 1 is 1.07 bits per heavy atom. The number of Topliss-reactive ketones (excluding diaryl/α,β-unsaturated/α-hetero) is 1. The zero-order valence-electron chi connectivity index (χ0n) is 8.11. The normalized spacial score (nSPS) is 13.9. The van der Waals surface area contributed by atoms with Gasteiger partial charge in [0.25, 0.3) is 0 Å². The molecule has 0 amide bonds. The number of hydrogen-bond acceptors (Lipinski definition) is 3. The van der Waals surface area contributed by atoms with Gasteiger partial charge in [-0.05, 0) is 19.1 Å². The van der Waals surface area contributed by atoms with Gasteiger partial charge in [-0.2, -0.15) is 0 Å². The number of carbonyl (C=O) groups is 3. The quantitative estimate of drug-likeness (QED) is 0.650. The van der Waals surface area contributed by atoms with Gasteiger partial charge in [0.05, 0.1) is 0 Å². The van der Waals surface area contributed by atoms with Crippen LogP contribution in [-0.4, -0.2) is 17.3 Å². The Hall–Kier alpha value is -2.03. The van der Waals surface area contributed by atoms with Crippen LogP contribution in [0.1, 0.15) is 38.0 Å². The highest BCUT2D eigenvalue weighted by Gasteiger charge is 2.23. The summed E-state index contributed by atoms with van der Waals surface area (Å²) in [5.41, 5.74) is 0.864. The van der Waals surface area contributed by atoms with E-state index in [2.05, 4.69) is 0 Å². The van der Waals surface area contributed by atoms with Gasteiger partial charge in [-0.3, -0.25) is 14.4 Å². The van der Waals surface area contributed by atoms with Crippen LogP contribution < -0.4 is 0 Å². The highest BCUT2D eigenvalue weighted by molar-refractivity contribution is 6.25. The second kappa shape index (κ2) is 3.28. The molecule has 0 saturated carbocycles. The molecule has 3 heteroatoms. The predicted octanol–water partition coefficient (Wildman–Crippen LogP) is 1.82. The van der Waals surface area contributed by atoms with E-state index in [1.165, 1.54) is 19.1 Å². The van der Waals surface area contributed by atoms with Crippen LogP contribution in [0, 0.1) is 0 Å². The SMILES string of the molecule is CC(=O)c1cccc2c1C(=O)C=CC2=O. The molecule has 0 unspecified atom stereocenters. The molecule has 15 heavy (non-hydrogen) atoms. The molecule has 0 aromatic heterocycles. The van der Waals surface area contributed by atoms with E-state index in [1.807, 2.05) is 0 Å². The lowest BCUT2D eigenvalue weighted by atomic mass is 9.89. The molecule has 74 valence electrons. The Bertz CT molecular complexity index is 510. The van der Waals surface area contributed by atoms with Crippen molar-refractivity contribution in [1.29, 1.82) is 0 Å². The van der Waals surface area contributed by atoms with Gasteiger partial charge in [-0.25, -0.2) is 0 Å². The first-order valence-electron chi connectivity index (χ1n) is 4.52. The lowest BCUT2D eigenvalue weighted by Crippen LogP contribution is -2.15. The van der Waals surface area contributed by atoms with Crippen LogP contribution in [0.4, 0.5) is 0 Å². The van der Waals surface area contributed by atoms with E-state index >= 15 is 0 Å². The molecule has 3 nitrogen and oxygen atoms in total. The Kier molecular flexibility index (Phi) is 2.08. The maximum atomic E-state index is 11.6. The van der Waals surface area contributed by atoms with Gasteiger partial charge in [0, 0.05) is 16.7 Å². The molecule has 0 fully saturated rings. The van der Waals surface area contributed by atoms with Crippen molar-refractivity contribution in [3.8, 4) is 0 Å². The van der Waals surface area contributed by atoms with Crippen LogP contribution in [0.25, 0.3) is 0 Å². The summed E-state index contributed by atoms with van der Waals surface area (Å²) in [5, 5.41) is 0. The van der Waals surface area contributed by atoms with E-state index in [9.17, 15) is 14.4 Å². The zero-order chi connectivity index (χ0) is 11.0. The molecule has 0 atom stereocenters. The van der Waals surface area contributed by atoms with Gasteiger partial charge in [0.2, 0.25) is 0 Å². The number of rotatable bonds is 1. The molecule has 1 aromatic carbocycles. The highest BCUT2D eigenvalue weighted by atomic mass is 16.1. The minimum atomic E-state index is -0.282. The number of hydrogen-bond donors (Lipinski definition) is 0. The maximum absolute atomic E-state index is 11.6. The lowest BCUT2D eigenvalue weighted by Gasteiger charge is -2.11. The number of benzene rings is 1. The second-order valence-corrected chi connectivity index (χ2v) is 3.35. The molecule has 0 N–H and O–H groups in total. The first-order valence-corrected chi connectivity index (χ1v) is 4.52. The summed E-state index contributed by atoms with van der Waals surface area (Å²) in [6.07, 6.45) is 2.44. The average Bonchev–Trinajstić information content (AvgIpc) is 2.23. The molecule has 0 saturated heterocycles. The minimum Gasteiger partial charge on any atom is -0.294 e. The fourth-order valence-electron chi connectivity index (χ4n) is 1.64. The van der Waals surface area contributed by atoms with Gasteiger partial charge < -0.3 is 0 Å². The van der Waals surface area contributed by atoms with Crippen LogP contribution in [-0.2, 0) is 0 Å². The number of fused-ring (bicyclic) bond motifs is 1. The third-order valence-electron chi connectivity index (χ3n) is 2.34. The Balaban J connectivity index is 2.76. The third kappa shape index (κ3) is 1.42. The van der Waals surface area contributed by atoms with E-state index < -0.39 is 0 Å². The van der Waals surface area contributed by atoms with Gasteiger partial charge in [-0.1, -0.05) is 18.2 Å². The summed E-state index contributed by atoms with van der Waals surface area (Å²) in [7, 11) is 0. The van der Waals surface area contributed by atoms with Crippen molar-refractivity contribution >= 4 is 17.3 Å². The number of allylic oxidation sites excluding steroid dienone is 2. The summed E-state index contributed by atoms with van der Waals surface area (Å²) in [5.74, 6) is -0.716. The molecule has 2 rings (SSSR count). The Morgan fingerprint density at radius 3 is 2.40 bits per heavy atom. The van der Waals surface area contributed by atoms with Crippen molar-refractivity contribution in [2.75, 3.05) is 0 Å². The smallest absolute Gasteiger partial charge is 0.187 e. The highest BCUT2D eigenvalue weighted by Crippen LogP contribution is 2.21. The summed E-state index contributed by atoms with van der Waals surface area (Å²) < 4.78 is 0. The van der Waals surface area contributed by atoms with Crippen LogP contribution in [0.5, 0.6) is 0 Å². The molecular weight excluding hydrogens is 192 g/mol. The van der Waals surface area contributed by atoms with Gasteiger partial charge in [0.1, 0.15) is 0 Å². The molecule has 0 spiro atoms. The summed E-state index contributed by atoms with van der Waals surface area (Å²) >= 11 is 0. The second-order valence-electron chi connectivity index (χ2n) is 3.35. The summed E-state index contributed by atoms with van der Waals surface area (Å²) in [6.45, 7) is 1.38. The topological polar surface area (TPSA) is 51.2 Å². The average molecular weight is 200 g/mol. The molecular formula is C12H8O3. The van der Waals surface area contributed by atoms with Gasteiger partial charge in [0.15, 0.2) is 17.3 Å². The predicted molar refractivity (Wildman–Crippen MR) is 54.2 cm³/mol. The van der Waals surface area contributed by atoms with Crippen molar-refractivity contribution in [1.82, 2.24) is 0 Å². The van der Waals surface area contributed by atoms with Crippen molar-refractivity contribution < 1.29 is 14.4 Å². The van der Waals surface area contributed by atoms with E-state index in [-0.39, 0.29) is 22.9 Å². The van der Waals surface area contributed by atoms with E-state index in [1.54, 1.807) is 18.2 Å². The lowest BCUT2D eigenvalue weighted by molar-refractivity contribution is 0.0978. The van der Waals surface area contributed by atoms with Crippen LogP contribution in [0.15, 0.2) is 30.4 Å². The standard InChI is InChI=1S/C12H8O3/c1-7(13)8-3-2-4-9-10(14)5-6-11(15)12(8)9/h2-6H,1H3. The third-order valence-corrected chi connectivity index (χ3v) is 2.34. The van der Waals surface area contributed by atoms with Gasteiger partial charge >= 0.3 is 0 Å². The zero-order valence-corrected chi connectivity index (χ0v) is 8.11. The van der Waals surface area contributed by atoms with E-state index in [0.29, 0.717) is 11.1 Å². The fourth-order valence-corrected chi connectivity index (χ4v) is 1.64. The first-order chi connectivity index (χ1) is 7.11. The van der Waals surface area contributed by atoms with Crippen molar-refractivity contribution in [3.05, 3.63) is 47.0 Å². The van der Waals surface area contributed by atoms with Crippen molar-refractivity contribution in [2.45, 2.75) is 6.92 Å². The number of carbonyl (C=O) groups excluding carboxylic acids is 3. The monoisotopic (exact) mass is 200 g/mol. The molecule has 0 radical (unpaired) electrons. The Morgan fingerprint density at radius 2 is 1.73 bits per heavy atom. The van der Waals surface area contributed by atoms with E-state index in [4.69, 9.17) is 0 Å². The largest absolute Gasteiger partial charge is 0.294 e. The summed E-state index contributed by atoms with van der Waals surface area (Å²) in [4.78, 5) is 34.3. The van der Waals surface area contributed by atoms with Crippen LogP contribution in [0.2, 0.25) is 0 Å². The molecule has 0 heterocycles. The van der Waals surface area contributed by atoms with Crippen LogP contribution >= 0.6 is 0 Å². The molecule has 1 aliphatic carbocycles. The van der Waals surface area contributed by atoms with Crippen molar-refractivity contribution in [3.63, 3.8) is 0 Å². The molecule has 0 bridgehead atoms. The fraction of sp³-hybridized carbons (Fsp3) is 0.0833. The minimum absolute atomic E-state index is 0.205. The first kappa shape index (κ1) is 9.52. The van der Waals surface area contributed by atoms with Crippen LogP contribution in [0.3, 0.4) is 0 Å². The molecule has 1 aromatic rings. The molecule has 0 aliphatic heterocycles.